The summed E-state index contributed by atoms with van der Waals surface area (Å²) in [7, 11) is 1.28. The van der Waals surface area contributed by atoms with E-state index < -0.39 is 29.8 Å². The minimum absolute atomic E-state index is 0.0433. The monoisotopic (exact) mass is 315 g/mol. The molecule has 6 heteroatoms. The van der Waals surface area contributed by atoms with Crippen LogP contribution >= 0.6 is 0 Å². The average Bonchev–Trinajstić information content (AvgIpc) is 2.35. The van der Waals surface area contributed by atoms with E-state index in [4.69, 9.17) is 4.74 Å². The van der Waals surface area contributed by atoms with Crippen LogP contribution in [0.25, 0.3) is 0 Å². The maximum absolute atomic E-state index is 12.4. The predicted molar refractivity (Wildman–Crippen MR) is 82.4 cm³/mol. The zero-order valence-corrected chi connectivity index (χ0v) is 14.5. The fourth-order valence-corrected chi connectivity index (χ4v) is 2.66. The second kappa shape index (κ2) is 6.86. The van der Waals surface area contributed by atoms with Gasteiger partial charge in [0.1, 0.15) is 5.60 Å². The Morgan fingerprint density at radius 3 is 2.45 bits per heavy atom. The zero-order chi connectivity index (χ0) is 17.1. The summed E-state index contributed by atoms with van der Waals surface area (Å²) in [4.78, 5) is 25.4. The van der Waals surface area contributed by atoms with Gasteiger partial charge in [0, 0.05) is 6.54 Å². The molecule has 1 N–H and O–H groups in total. The molecule has 0 bridgehead atoms. The van der Waals surface area contributed by atoms with Crippen molar-refractivity contribution >= 4 is 12.1 Å². The summed E-state index contributed by atoms with van der Waals surface area (Å²) < 4.78 is 10.0. The number of aliphatic hydroxyl groups excluding tert-OH is 1. The molecular weight excluding hydrogens is 286 g/mol. The lowest BCUT2D eigenvalue weighted by Crippen LogP contribution is -2.55. The van der Waals surface area contributed by atoms with Gasteiger partial charge in [0.2, 0.25) is 0 Å². The fraction of sp³-hybridized carbons (Fsp3) is 0.875. The summed E-state index contributed by atoms with van der Waals surface area (Å²) >= 11 is 0. The van der Waals surface area contributed by atoms with Crippen LogP contribution < -0.4 is 0 Å². The Kier molecular flexibility index (Phi) is 5.84. The van der Waals surface area contributed by atoms with Crippen LogP contribution in [0.5, 0.6) is 0 Å². The Hall–Kier alpha value is -1.30. The van der Waals surface area contributed by atoms with Crippen LogP contribution in [0.2, 0.25) is 0 Å². The molecular formula is C16H29NO5. The highest BCUT2D eigenvalue weighted by Crippen LogP contribution is 2.34. The van der Waals surface area contributed by atoms with Crippen LogP contribution in [-0.4, -0.2) is 53.5 Å². The Morgan fingerprint density at radius 2 is 1.95 bits per heavy atom. The molecule has 1 unspecified atom stereocenters. The van der Waals surface area contributed by atoms with Crippen molar-refractivity contribution in [1.29, 1.82) is 0 Å². The summed E-state index contributed by atoms with van der Waals surface area (Å²) in [5, 5.41) is 10.3. The van der Waals surface area contributed by atoms with E-state index in [-0.39, 0.29) is 11.8 Å². The standard InChI is InChI=1S/C16H29NO5/c1-15(2,3)22-14(20)17-10-16(4,5)8-7-11(17)12(18)9-13(19)21-6/h11-12,18H,7-10H2,1-6H3/t11?,12-/m1/s1. The highest BCUT2D eigenvalue weighted by atomic mass is 16.6. The highest BCUT2D eigenvalue weighted by Gasteiger charge is 2.41. The Bertz CT molecular complexity index is 413. The zero-order valence-electron chi connectivity index (χ0n) is 14.5. The van der Waals surface area contributed by atoms with Crippen molar-refractivity contribution in [3.8, 4) is 0 Å². The average molecular weight is 315 g/mol. The summed E-state index contributed by atoms with van der Waals surface area (Å²) in [6, 6.07) is -0.429. The molecule has 128 valence electrons. The molecule has 1 saturated heterocycles. The molecule has 0 aliphatic carbocycles. The lowest BCUT2D eigenvalue weighted by molar-refractivity contribution is -0.144. The molecule has 2 atom stereocenters. The van der Waals surface area contributed by atoms with Crippen molar-refractivity contribution in [1.82, 2.24) is 4.90 Å². The number of esters is 1. The summed E-state index contributed by atoms with van der Waals surface area (Å²) in [6.45, 7) is 10.1. The fourth-order valence-electron chi connectivity index (χ4n) is 2.66. The summed E-state index contributed by atoms with van der Waals surface area (Å²) in [5.74, 6) is -0.485. The molecule has 6 nitrogen and oxygen atoms in total. The number of hydrogen-bond donors (Lipinski definition) is 1. The number of nitrogens with zero attached hydrogens (tertiary/aromatic N) is 1. The third kappa shape index (κ3) is 5.48. The van der Waals surface area contributed by atoms with Crippen molar-refractivity contribution in [3.63, 3.8) is 0 Å². The molecule has 0 radical (unpaired) electrons. The van der Waals surface area contributed by atoms with Gasteiger partial charge in [-0.3, -0.25) is 4.79 Å². The van der Waals surface area contributed by atoms with E-state index in [1.54, 1.807) is 25.7 Å². The molecule has 1 heterocycles. The lowest BCUT2D eigenvalue weighted by atomic mass is 9.80. The maximum Gasteiger partial charge on any atom is 0.410 e. The number of piperidine rings is 1. The number of hydrogen-bond acceptors (Lipinski definition) is 5. The molecule has 1 fully saturated rings. The molecule has 1 amide bonds. The number of methoxy groups -OCH3 is 1. The first-order valence-corrected chi connectivity index (χ1v) is 7.70. The van der Waals surface area contributed by atoms with Gasteiger partial charge in [-0.05, 0) is 39.0 Å². The molecule has 0 aromatic carbocycles. The van der Waals surface area contributed by atoms with Gasteiger partial charge >= 0.3 is 12.1 Å². The largest absolute Gasteiger partial charge is 0.469 e. The predicted octanol–water partition coefficient (Wildman–Crippen LogP) is 2.34. The lowest BCUT2D eigenvalue weighted by Gasteiger charge is -2.45. The van der Waals surface area contributed by atoms with E-state index in [0.29, 0.717) is 13.0 Å². The first-order chi connectivity index (χ1) is 9.95. The van der Waals surface area contributed by atoms with Crippen molar-refractivity contribution in [2.45, 2.75) is 71.6 Å². The van der Waals surface area contributed by atoms with E-state index in [1.807, 2.05) is 0 Å². The van der Waals surface area contributed by atoms with E-state index in [0.717, 1.165) is 6.42 Å². The number of aliphatic hydroxyl groups is 1. The minimum Gasteiger partial charge on any atom is -0.469 e. The van der Waals surface area contributed by atoms with Gasteiger partial charge in [-0.15, -0.1) is 0 Å². The second-order valence-electron chi connectivity index (χ2n) is 7.73. The van der Waals surface area contributed by atoms with Crippen molar-refractivity contribution in [2.75, 3.05) is 13.7 Å². The highest BCUT2D eigenvalue weighted by molar-refractivity contribution is 5.71. The number of carbonyl (C=O) groups excluding carboxylic acids is 2. The second-order valence-corrected chi connectivity index (χ2v) is 7.73. The van der Waals surface area contributed by atoms with E-state index in [9.17, 15) is 14.7 Å². The van der Waals surface area contributed by atoms with Crippen molar-refractivity contribution in [2.24, 2.45) is 5.41 Å². The van der Waals surface area contributed by atoms with Crippen LogP contribution in [-0.2, 0) is 14.3 Å². The smallest absolute Gasteiger partial charge is 0.410 e. The van der Waals surface area contributed by atoms with Gasteiger partial charge in [0.15, 0.2) is 0 Å². The topological polar surface area (TPSA) is 76.1 Å². The van der Waals surface area contributed by atoms with Gasteiger partial charge in [-0.2, -0.15) is 0 Å². The van der Waals surface area contributed by atoms with Crippen molar-refractivity contribution < 1.29 is 24.2 Å². The molecule has 0 spiro atoms. The first-order valence-electron chi connectivity index (χ1n) is 7.70. The van der Waals surface area contributed by atoms with Crippen LogP contribution in [0.3, 0.4) is 0 Å². The van der Waals surface area contributed by atoms with Crippen LogP contribution in [0.1, 0.15) is 53.9 Å². The molecule has 0 aromatic rings. The molecule has 0 aromatic heterocycles. The number of likely N-dealkylation sites (tertiary alicyclic amines) is 1. The number of ether oxygens (including phenoxy) is 2. The number of amides is 1. The van der Waals surface area contributed by atoms with Gasteiger partial charge in [0.05, 0.1) is 25.7 Å². The third-order valence-corrected chi connectivity index (χ3v) is 3.79. The van der Waals surface area contributed by atoms with Gasteiger partial charge in [0.25, 0.3) is 0 Å². The van der Waals surface area contributed by atoms with E-state index in [1.165, 1.54) is 7.11 Å². The minimum atomic E-state index is -0.948. The van der Waals surface area contributed by atoms with Gasteiger partial charge in [-0.25, -0.2) is 4.79 Å². The third-order valence-electron chi connectivity index (χ3n) is 3.79. The molecule has 1 aliphatic rings. The summed E-state index contributed by atoms with van der Waals surface area (Å²) in [5.41, 5.74) is -0.644. The molecule has 1 rings (SSSR count). The van der Waals surface area contributed by atoms with Gasteiger partial charge in [-0.1, -0.05) is 13.8 Å². The number of carbonyl (C=O) groups is 2. The van der Waals surface area contributed by atoms with Crippen LogP contribution in [0.15, 0.2) is 0 Å². The van der Waals surface area contributed by atoms with Gasteiger partial charge < -0.3 is 19.5 Å². The van der Waals surface area contributed by atoms with Crippen LogP contribution in [0.4, 0.5) is 4.79 Å². The quantitative estimate of drug-likeness (QED) is 0.809. The molecule has 22 heavy (non-hydrogen) atoms. The maximum atomic E-state index is 12.4. The Labute approximate surface area is 132 Å². The van der Waals surface area contributed by atoms with Crippen LogP contribution in [0, 0.1) is 5.41 Å². The van der Waals surface area contributed by atoms with E-state index in [2.05, 4.69) is 18.6 Å². The van der Waals surface area contributed by atoms with E-state index >= 15 is 0 Å². The Balaban J connectivity index is 2.88. The first kappa shape index (κ1) is 18.7. The summed E-state index contributed by atoms with van der Waals surface area (Å²) in [6.07, 6.45) is -0.0224. The van der Waals surface area contributed by atoms with Crippen molar-refractivity contribution in [3.05, 3.63) is 0 Å². The number of rotatable bonds is 3. The molecule has 1 aliphatic heterocycles. The Morgan fingerprint density at radius 1 is 1.36 bits per heavy atom. The molecule has 0 saturated carbocycles. The SMILES string of the molecule is COC(=O)C[C@@H](O)C1CCC(C)(C)CN1C(=O)OC(C)(C)C. The normalized spacial score (nSPS) is 22.9.